The fourth-order valence-electron chi connectivity index (χ4n) is 4.36. The molecule has 188 valence electrons. The number of piperidine rings is 1. The Morgan fingerprint density at radius 3 is 2.69 bits per heavy atom. The van der Waals surface area contributed by atoms with Gasteiger partial charge in [-0.1, -0.05) is 29.8 Å². The maximum absolute atomic E-state index is 11.2. The minimum Gasteiger partial charge on any atom is -0.494 e. The van der Waals surface area contributed by atoms with Crippen molar-refractivity contribution in [3.63, 3.8) is 0 Å². The van der Waals surface area contributed by atoms with E-state index in [1.807, 2.05) is 62.6 Å². The zero-order valence-electron chi connectivity index (χ0n) is 20.4. The zero-order valence-corrected chi connectivity index (χ0v) is 21.1. The molecular formula is C27H34ClN3O4. The van der Waals surface area contributed by atoms with Crippen LogP contribution < -0.4 is 9.47 Å². The quantitative estimate of drug-likeness (QED) is 0.410. The topological polar surface area (TPSA) is 80.0 Å². The first-order chi connectivity index (χ1) is 16.8. The molecule has 0 bridgehead atoms. The number of ether oxygens (including phenoxy) is 2. The maximum atomic E-state index is 11.2. The van der Waals surface area contributed by atoms with Crippen LogP contribution >= 0.6 is 11.6 Å². The van der Waals surface area contributed by atoms with Crippen LogP contribution in [0.1, 0.15) is 29.8 Å². The normalized spacial score (nSPS) is 20.7. The smallest absolute Gasteiger partial charge is 0.138 e. The summed E-state index contributed by atoms with van der Waals surface area (Å²) in [6, 6.07) is 13.6. The Morgan fingerprint density at radius 2 is 1.94 bits per heavy atom. The first-order valence-corrected chi connectivity index (χ1v) is 12.4. The van der Waals surface area contributed by atoms with Crippen molar-refractivity contribution in [2.24, 2.45) is 0 Å². The van der Waals surface area contributed by atoms with E-state index in [4.69, 9.17) is 21.1 Å². The number of rotatable bonds is 10. The van der Waals surface area contributed by atoms with Gasteiger partial charge in [-0.25, -0.2) is 4.98 Å². The molecule has 0 unspecified atom stereocenters. The molecule has 0 amide bonds. The molecule has 0 spiro atoms. The van der Waals surface area contributed by atoms with Crippen molar-refractivity contribution in [2.75, 3.05) is 26.3 Å². The summed E-state index contributed by atoms with van der Waals surface area (Å²) in [6.07, 6.45) is 4.31. The van der Waals surface area contributed by atoms with Crippen LogP contribution in [0.4, 0.5) is 0 Å². The Morgan fingerprint density at radius 1 is 1.14 bits per heavy atom. The van der Waals surface area contributed by atoms with Crippen LogP contribution in [0.2, 0.25) is 5.02 Å². The summed E-state index contributed by atoms with van der Waals surface area (Å²) in [6.45, 7) is 7.11. The van der Waals surface area contributed by atoms with Crippen LogP contribution in [0.5, 0.6) is 11.5 Å². The van der Waals surface area contributed by atoms with E-state index in [-0.39, 0.29) is 6.61 Å². The number of aliphatic hydroxyl groups is 2. The van der Waals surface area contributed by atoms with Gasteiger partial charge in [0.05, 0.1) is 17.7 Å². The molecule has 4 rings (SSSR count). The van der Waals surface area contributed by atoms with Crippen LogP contribution in [-0.4, -0.2) is 62.7 Å². The molecular weight excluding hydrogens is 466 g/mol. The summed E-state index contributed by atoms with van der Waals surface area (Å²) in [7, 11) is 0. The lowest BCUT2D eigenvalue weighted by atomic mass is 9.90. The number of hydrogen-bond donors (Lipinski definition) is 2. The van der Waals surface area contributed by atoms with Gasteiger partial charge in [-0.3, -0.25) is 4.90 Å². The third-order valence-electron chi connectivity index (χ3n) is 6.47. The predicted molar refractivity (Wildman–Crippen MR) is 136 cm³/mol. The number of halogens is 1. The van der Waals surface area contributed by atoms with Crippen molar-refractivity contribution in [1.29, 1.82) is 0 Å². The molecule has 2 atom stereocenters. The molecule has 1 aromatic heterocycles. The number of benzene rings is 2. The Bertz CT molecular complexity index is 1100. The molecule has 2 N–H and O–H groups in total. The molecule has 1 aliphatic rings. The minimum atomic E-state index is -1.37. The highest BCUT2D eigenvalue weighted by molar-refractivity contribution is 6.32. The molecule has 1 fully saturated rings. The van der Waals surface area contributed by atoms with Gasteiger partial charge in [0, 0.05) is 38.6 Å². The van der Waals surface area contributed by atoms with E-state index in [0.717, 1.165) is 35.7 Å². The Labute approximate surface area is 211 Å². The van der Waals surface area contributed by atoms with Crippen molar-refractivity contribution in [3.8, 4) is 11.5 Å². The average molecular weight is 500 g/mol. The van der Waals surface area contributed by atoms with Gasteiger partial charge in [-0.2, -0.15) is 0 Å². The predicted octanol–water partition coefficient (Wildman–Crippen LogP) is 4.00. The maximum Gasteiger partial charge on any atom is 0.138 e. The van der Waals surface area contributed by atoms with Gasteiger partial charge < -0.3 is 24.3 Å². The summed E-state index contributed by atoms with van der Waals surface area (Å²) in [5, 5.41) is 22.2. The summed E-state index contributed by atoms with van der Waals surface area (Å²) in [5.41, 5.74) is 0.762. The van der Waals surface area contributed by atoms with Gasteiger partial charge in [0.1, 0.15) is 29.5 Å². The van der Waals surface area contributed by atoms with E-state index < -0.39 is 11.7 Å². The number of nitrogens with zero attached hydrogens (tertiary/aromatic N) is 3. The van der Waals surface area contributed by atoms with E-state index in [9.17, 15) is 10.2 Å². The van der Waals surface area contributed by atoms with Gasteiger partial charge in [0.25, 0.3) is 0 Å². The lowest BCUT2D eigenvalue weighted by Crippen LogP contribution is -2.59. The molecule has 0 saturated carbocycles. The largest absolute Gasteiger partial charge is 0.494 e. The standard InChI is InChI=1S/C27H34ClN3O4/c1-20-4-9-24(28)25(16-20)35-19-27(33)18-30(13-10-26(27)32)17-22-5-7-23(8-6-22)34-15-3-12-31-14-11-29-21(31)2/h4-9,11,14,16,26,32-33H,3,10,12-13,15,17-19H2,1-2H3/t26-,27-/m0/s1. The van der Waals surface area contributed by atoms with Crippen LogP contribution in [0.3, 0.4) is 0 Å². The zero-order chi connectivity index (χ0) is 24.8. The Hall–Kier alpha value is -2.58. The van der Waals surface area contributed by atoms with Crippen molar-refractivity contribution in [2.45, 2.75) is 51.5 Å². The van der Waals surface area contributed by atoms with E-state index in [1.54, 1.807) is 6.07 Å². The average Bonchev–Trinajstić information content (AvgIpc) is 3.25. The molecule has 0 aliphatic carbocycles. The summed E-state index contributed by atoms with van der Waals surface area (Å²) in [5.74, 6) is 2.36. The van der Waals surface area contributed by atoms with E-state index in [2.05, 4.69) is 14.5 Å². The molecule has 0 radical (unpaired) electrons. The number of aliphatic hydroxyl groups excluding tert-OH is 1. The Balaban J connectivity index is 1.26. The van der Waals surface area contributed by atoms with Crippen LogP contribution in [-0.2, 0) is 13.1 Å². The molecule has 7 nitrogen and oxygen atoms in total. The fraction of sp³-hybridized carbons (Fsp3) is 0.444. The molecule has 1 aliphatic heterocycles. The van der Waals surface area contributed by atoms with Crippen LogP contribution in [0, 0.1) is 13.8 Å². The van der Waals surface area contributed by atoms with Crippen molar-refractivity contribution in [1.82, 2.24) is 14.5 Å². The van der Waals surface area contributed by atoms with Gasteiger partial charge in [0.2, 0.25) is 0 Å². The fourth-order valence-corrected chi connectivity index (χ4v) is 4.53. The van der Waals surface area contributed by atoms with Gasteiger partial charge in [0.15, 0.2) is 0 Å². The highest BCUT2D eigenvalue weighted by Crippen LogP contribution is 2.29. The van der Waals surface area contributed by atoms with Crippen molar-refractivity contribution < 1.29 is 19.7 Å². The van der Waals surface area contributed by atoms with E-state index in [0.29, 0.717) is 43.4 Å². The second-order valence-corrected chi connectivity index (χ2v) is 9.76. The number of β-amino-alcohol motifs (C(OH)–C–C–N with tert-alkyl or cyclic N) is 1. The second kappa shape index (κ2) is 11.4. The number of aryl methyl sites for hydroxylation is 3. The van der Waals surface area contributed by atoms with E-state index in [1.165, 1.54) is 0 Å². The second-order valence-electron chi connectivity index (χ2n) is 9.36. The number of likely N-dealkylation sites (tertiary alicyclic amines) is 1. The molecule has 2 heterocycles. The lowest BCUT2D eigenvalue weighted by Gasteiger charge is -2.42. The highest BCUT2D eigenvalue weighted by Gasteiger charge is 2.42. The summed E-state index contributed by atoms with van der Waals surface area (Å²) in [4.78, 5) is 6.37. The van der Waals surface area contributed by atoms with Crippen LogP contribution in [0.15, 0.2) is 54.9 Å². The lowest BCUT2D eigenvalue weighted by molar-refractivity contribution is -0.140. The molecule has 8 heteroatoms. The molecule has 35 heavy (non-hydrogen) atoms. The van der Waals surface area contributed by atoms with Gasteiger partial charge >= 0.3 is 0 Å². The Kier molecular flexibility index (Phi) is 8.34. The number of imidazole rings is 1. The third kappa shape index (κ3) is 6.76. The summed E-state index contributed by atoms with van der Waals surface area (Å²) < 4.78 is 13.8. The first-order valence-electron chi connectivity index (χ1n) is 12.0. The SMILES string of the molecule is Cc1ccc(Cl)c(OC[C@@]2(O)CN(Cc3ccc(OCCCn4ccnc4C)cc3)CC[C@@H]2O)c1. The minimum absolute atomic E-state index is 0.0286. The van der Waals surface area contributed by atoms with Crippen molar-refractivity contribution >= 4 is 11.6 Å². The number of hydrogen-bond acceptors (Lipinski definition) is 6. The molecule has 1 saturated heterocycles. The first kappa shape index (κ1) is 25.5. The van der Waals surface area contributed by atoms with E-state index >= 15 is 0 Å². The summed E-state index contributed by atoms with van der Waals surface area (Å²) >= 11 is 6.22. The van der Waals surface area contributed by atoms with Crippen molar-refractivity contribution in [3.05, 3.63) is 76.8 Å². The van der Waals surface area contributed by atoms with Gasteiger partial charge in [-0.15, -0.1) is 0 Å². The highest BCUT2D eigenvalue weighted by atomic mass is 35.5. The molecule has 3 aromatic rings. The third-order valence-corrected chi connectivity index (χ3v) is 6.78. The van der Waals surface area contributed by atoms with Crippen LogP contribution in [0.25, 0.3) is 0 Å². The molecule has 2 aromatic carbocycles. The van der Waals surface area contributed by atoms with Gasteiger partial charge in [-0.05, 0) is 62.1 Å². The monoisotopic (exact) mass is 499 g/mol. The number of aromatic nitrogens is 2.